The summed E-state index contributed by atoms with van der Waals surface area (Å²) in [5.74, 6) is -1.60. The Labute approximate surface area is 164 Å². The fourth-order valence-corrected chi connectivity index (χ4v) is 4.84. The molecule has 0 spiro atoms. The number of fused-ring (bicyclic) bond motifs is 1. The van der Waals surface area contributed by atoms with Crippen molar-refractivity contribution in [2.75, 3.05) is 5.32 Å². The molecule has 1 amide bonds. The normalized spacial score (nSPS) is 19.0. The summed E-state index contributed by atoms with van der Waals surface area (Å²) in [5.41, 5.74) is 1.11. The summed E-state index contributed by atoms with van der Waals surface area (Å²) in [6, 6.07) is 13.5. The van der Waals surface area contributed by atoms with Crippen LogP contribution in [0.25, 0.3) is 11.1 Å². The average Bonchev–Trinajstić information content (AvgIpc) is 2.96. The first-order chi connectivity index (χ1) is 12.8. The van der Waals surface area contributed by atoms with E-state index < -0.39 is 22.9 Å². The summed E-state index contributed by atoms with van der Waals surface area (Å²) >= 11 is 7.59. The van der Waals surface area contributed by atoms with E-state index in [9.17, 15) is 14.0 Å². The number of Topliss-reactive ketones (excluding diaryl/α,β-unsaturated/α-hetero) is 1. The first kappa shape index (κ1) is 17.9. The van der Waals surface area contributed by atoms with Gasteiger partial charge in [-0.1, -0.05) is 59.6 Å². The fourth-order valence-electron chi connectivity index (χ4n) is 3.46. The zero-order valence-corrected chi connectivity index (χ0v) is 16.2. The van der Waals surface area contributed by atoms with Crippen LogP contribution in [0.4, 0.5) is 9.39 Å². The summed E-state index contributed by atoms with van der Waals surface area (Å²) in [6.07, 6.45) is 0. The van der Waals surface area contributed by atoms with Crippen molar-refractivity contribution in [3.63, 3.8) is 0 Å². The number of amides is 1. The van der Waals surface area contributed by atoms with Crippen LogP contribution in [-0.4, -0.2) is 11.7 Å². The lowest BCUT2D eigenvalue weighted by Crippen LogP contribution is -2.48. The number of carbonyl (C=O) groups is 2. The number of aryl methyl sites for hydroxylation is 1. The zero-order chi connectivity index (χ0) is 19.3. The Morgan fingerprint density at radius 1 is 1.07 bits per heavy atom. The highest BCUT2D eigenvalue weighted by atomic mass is 35.5. The molecule has 1 aliphatic heterocycles. The number of benzene rings is 2. The third kappa shape index (κ3) is 2.61. The molecule has 3 aromatic rings. The molecule has 136 valence electrons. The third-order valence-electron chi connectivity index (χ3n) is 4.95. The Bertz CT molecular complexity index is 1110. The van der Waals surface area contributed by atoms with Gasteiger partial charge in [0.1, 0.15) is 20.6 Å². The molecule has 3 nitrogen and oxygen atoms in total. The first-order valence-electron chi connectivity index (χ1n) is 8.34. The molecule has 27 heavy (non-hydrogen) atoms. The van der Waals surface area contributed by atoms with Crippen molar-refractivity contribution in [2.24, 2.45) is 0 Å². The highest BCUT2D eigenvalue weighted by Gasteiger charge is 2.50. The van der Waals surface area contributed by atoms with Gasteiger partial charge in [-0.05, 0) is 25.5 Å². The van der Waals surface area contributed by atoms with Crippen molar-refractivity contribution in [3.05, 3.63) is 75.4 Å². The molecule has 1 unspecified atom stereocenters. The maximum absolute atomic E-state index is 14.5. The van der Waals surface area contributed by atoms with E-state index >= 15 is 0 Å². The Balaban J connectivity index is 1.96. The number of rotatable bonds is 2. The zero-order valence-electron chi connectivity index (χ0n) is 14.6. The molecule has 0 saturated heterocycles. The smallest absolute Gasteiger partial charge is 0.243 e. The predicted octanol–water partition coefficient (Wildman–Crippen LogP) is 5.61. The summed E-state index contributed by atoms with van der Waals surface area (Å²) < 4.78 is 14.9. The van der Waals surface area contributed by atoms with Crippen LogP contribution in [0.5, 0.6) is 0 Å². The first-order valence-corrected chi connectivity index (χ1v) is 9.54. The Kier molecular flexibility index (Phi) is 4.17. The molecule has 0 saturated carbocycles. The van der Waals surface area contributed by atoms with Gasteiger partial charge >= 0.3 is 0 Å². The van der Waals surface area contributed by atoms with Gasteiger partial charge in [0.05, 0.1) is 5.56 Å². The molecule has 1 N–H and O–H groups in total. The molecular weight excluding hydrogens is 385 g/mol. The molecule has 0 radical (unpaired) electrons. The van der Waals surface area contributed by atoms with Gasteiger partial charge in [-0.15, -0.1) is 11.3 Å². The van der Waals surface area contributed by atoms with Crippen LogP contribution in [-0.2, 0) is 10.2 Å². The van der Waals surface area contributed by atoms with E-state index in [0.29, 0.717) is 20.5 Å². The lowest BCUT2D eigenvalue weighted by Gasteiger charge is -2.32. The number of carbonyl (C=O) groups excluding carboxylic acids is 2. The van der Waals surface area contributed by atoms with Gasteiger partial charge in [-0.2, -0.15) is 0 Å². The molecule has 1 atom stereocenters. The molecule has 6 heteroatoms. The summed E-state index contributed by atoms with van der Waals surface area (Å²) in [4.78, 5) is 26.3. The number of halogens is 2. The van der Waals surface area contributed by atoms with Gasteiger partial charge < -0.3 is 5.32 Å². The molecule has 2 aromatic carbocycles. The third-order valence-corrected chi connectivity index (χ3v) is 6.26. The minimum absolute atomic E-state index is 0.0515. The molecule has 4 rings (SSSR count). The fraction of sp³-hybridized carbons (Fsp3) is 0.143. The van der Waals surface area contributed by atoms with Crippen LogP contribution in [0.2, 0.25) is 4.34 Å². The highest BCUT2D eigenvalue weighted by Crippen LogP contribution is 2.49. The maximum Gasteiger partial charge on any atom is 0.243 e. The van der Waals surface area contributed by atoms with Crippen LogP contribution < -0.4 is 5.32 Å². The van der Waals surface area contributed by atoms with Gasteiger partial charge in [0.15, 0.2) is 5.78 Å². The second-order valence-corrected chi connectivity index (χ2v) is 8.34. The van der Waals surface area contributed by atoms with E-state index in [0.717, 1.165) is 22.5 Å². The molecule has 0 aliphatic carbocycles. The standard InChI is InChI=1S/C21H15ClFNO2S/c1-11-6-5-7-12(10-11)15-16-17(25)21(2,13-8-3-4-9-14(13)23)20(26)24-19(16)27-18(15)22/h3-10H,1-2H3,(H,24,26). The number of hydrogen-bond donors (Lipinski definition) is 1. The van der Waals surface area contributed by atoms with Crippen LogP contribution >= 0.6 is 22.9 Å². The number of anilines is 1. The maximum atomic E-state index is 14.5. The van der Waals surface area contributed by atoms with Crippen molar-refractivity contribution in [1.29, 1.82) is 0 Å². The van der Waals surface area contributed by atoms with E-state index in [2.05, 4.69) is 5.32 Å². The SMILES string of the molecule is Cc1cccc(-c2c(Cl)sc3c2C(=O)C(C)(c2ccccc2F)C(=O)N3)c1. The van der Waals surface area contributed by atoms with Crippen molar-refractivity contribution in [3.8, 4) is 11.1 Å². The van der Waals surface area contributed by atoms with Crippen LogP contribution in [0, 0.1) is 12.7 Å². The van der Waals surface area contributed by atoms with Crippen molar-refractivity contribution in [2.45, 2.75) is 19.3 Å². The lowest BCUT2D eigenvalue weighted by atomic mass is 9.72. The molecule has 0 fully saturated rings. The van der Waals surface area contributed by atoms with Gasteiger partial charge in [0.25, 0.3) is 0 Å². The summed E-state index contributed by atoms with van der Waals surface area (Å²) in [7, 11) is 0. The van der Waals surface area contributed by atoms with Crippen molar-refractivity contribution < 1.29 is 14.0 Å². The molecule has 0 bridgehead atoms. The summed E-state index contributed by atoms with van der Waals surface area (Å²) in [6.45, 7) is 3.40. The minimum atomic E-state index is -1.67. The quantitative estimate of drug-likeness (QED) is 0.569. The molecular formula is C21H15ClFNO2S. The monoisotopic (exact) mass is 399 g/mol. The topological polar surface area (TPSA) is 46.2 Å². The van der Waals surface area contributed by atoms with E-state index in [-0.39, 0.29) is 5.56 Å². The van der Waals surface area contributed by atoms with E-state index in [1.807, 2.05) is 31.2 Å². The number of thiophene rings is 1. The predicted molar refractivity (Wildman–Crippen MR) is 106 cm³/mol. The Morgan fingerprint density at radius 2 is 1.81 bits per heavy atom. The van der Waals surface area contributed by atoms with Gasteiger partial charge in [0.2, 0.25) is 5.91 Å². The van der Waals surface area contributed by atoms with Crippen molar-refractivity contribution >= 4 is 39.6 Å². The van der Waals surface area contributed by atoms with Crippen LogP contribution in [0.15, 0.2) is 48.5 Å². The second kappa shape index (κ2) is 6.29. The molecule has 1 aliphatic rings. The lowest BCUT2D eigenvalue weighted by molar-refractivity contribution is -0.119. The Hall–Kier alpha value is -2.50. The van der Waals surface area contributed by atoms with Crippen LogP contribution in [0.3, 0.4) is 0 Å². The van der Waals surface area contributed by atoms with Gasteiger partial charge in [0, 0.05) is 11.1 Å². The minimum Gasteiger partial charge on any atom is -0.316 e. The van der Waals surface area contributed by atoms with Crippen LogP contribution in [0.1, 0.15) is 28.4 Å². The molecule has 2 heterocycles. The van der Waals surface area contributed by atoms with Crippen molar-refractivity contribution in [1.82, 2.24) is 0 Å². The number of hydrogen-bond acceptors (Lipinski definition) is 3. The van der Waals surface area contributed by atoms with E-state index in [4.69, 9.17) is 11.6 Å². The second-order valence-electron chi connectivity index (χ2n) is 6.71. The number of nitrogens with one attached hydrogen (secondary N) is 1. The molecule has 1 aromatic heterocycles. The van der Waals surface area contributed by atoms with E-state index in [1.54, 1.807) is 6.07 Å². The largest absolute Gasteiger partial charge is 0.316 e. The van der Waals surface area contributed by atoms with Gasteiger partial charge in [-0.25, -0.2) is 4.39 Å². The summed E-state index contributed by atoms with van der Waals surface area (Å²) in [5, 5.41) is 3.16. The average molecular weight is 400 g/mol. The number of ketones is 1. The van der Waals surface area contributed by atoms with Gasteiger partial charge in [-0.3, -0.25) is 9.59 Å². The Morgan fingerprint density at radius 3 is 2.52 bits per heavy atom. The highest BCUT2D eigenvalue weighted by molar-refractivity contribution is 7.21. The van der Waals surface area contributed by atoms with E-state index in [1.165, 1.54) is 25.1 Å².